The molecule has 0 unspecified atom stereocenters. The number of ether oxygens (including phenoxy) is 2. The maximum Gasteiger partial charge on any atom is 0.344 e. The van der Waals surface area contributed by atoms with Crippen LogP contribution in [0.4, 0.5) is 4.39 Å². The molecule has 26 heavy (non-hydrogen) atoms. The molecule has 2 rings (SSSR count). The van der Waals surface area contributed by atoms with E-state index in [1.807, 2.05) is 0 Å². The highest BCUT2D eigenvalue weighted by Crippen LogP contribution is 2.25. The summed E-state index contributed by atoms with van der Waals surface area (Å²) < 4.78 is 22.7. The van der Waals surface area contributed by atoms with Crippen LogP contribution in [-0.4, -0.2) is 25.1 Å². The lowest BCUT2D eigenvalue weighted by Gasteiger charge is -2.15. The summed E-state index contributed by atoms with van der Waals surface area (Å²) in [6, 6.07) is 9.86. The third-order valence-electron chi connectivity index (χ3n) is 3.36. The molecule has 0 aliphatic heterocycles. The van der Waals surface area contributed by atoms with Gasteiger partial charge in [0, 0.05) is 0 Å². The van der Waals surface area contributed by atoms with Crippen molar-refractivity contribution in [1.29, 1.82) is 0 Å². The number of rotatable bonds is 7. The highest BCUT2D eigenvalue weighted by atomic mass is 35.5. The Hall–Kier alpha value is -2.31. The molecular formula is C18H16Cl2FNO4. The van der Waals surface area contributed by atoms with Crippen LogP contribution in [0, 0.1) is 5.82 Å². The maximum atomic E-state index is 12.8. The second-order valence-corrected chi connectivity index (χ2v) is 6.18. The monoisotopic (exact) mass is 399 g/mol. The van der Waals surface area contributed by atoms with E-state index in [4.69, 9.17) is 32.7 Å². The fourth-order valence-corrected chi connectivity index (χ4v) is 2.32. The van der Waals surface area contributed by atoms with Crippen molar-refractivity contribution in [3.63, 3.8) is 0 Å². The van der Waals surface area contributed by atoms with Gasteiger partial charge in [0.2, 0.25) is 0 Å². The quantitative estimate of drug-likeness (QED) is 0.716. The van der Waals surface area contributed by atoms with Gasteiger partial charge in [0.05, 0.1) is 16.1 Å². The zero-order valence-electron chi connectivity index (χ0n) is 13.8. The predicted molar refractivity (Wildman–Crippen MR) is 95.9 cm³/mol. The second kappa shape index (κ2) is 9.40. The molecular weight excluding hydrogens is 384 g/mol. The van der Waals surface area contributed by atoms with Crippen molar-refractivity contribution in [2.24, 2.45) is 0 Å². The zero-order valence-corrected chi connectivity index (χ0v) is 15.3. The van der Waals surface area contributed by atoms with Crippen LogP contribution in [0.5, 0.6) is 5.75 Å². The Morgan fingerprint density at radius 1 is 1.08 bits per heavy atom. The van der Waals surface area contributed by atoms with Gasteiger partial charge in [-0.25, -0.2) is 9.18 Å². The number of carbonyl (C=O) groups excluding carboxylic acids is 2. The van der Waals surface area contributed by atoms with Crippen LogP contribution in [-0.2, 0) is 14.3 Å². The third kappa shape index (κ3) is 6.20. The third-order valence-corrected chi connectivity index (χ3v) is 4.09. The largest absolute Gasteiger partial charge is 0.482 e. The van der Waals surface area contributed by atoms with Crippen molar-refractivity contribution in [2.45, 2.75) is 13.0 Å². The maximum absolute atomic E-state index is 12.8. The van der Waals surface area contributed by atoms with Crippen LogP contribution in [0.15, 0.2) is 42.5 Å². The number of hydrogen-bond acceptors (Lipinski definition) is 4. The first kappa shape index (κ1) is 20.0. The fraction of sp³-hybridized carbons (Fsp3) is 0.222. The van der Waals surface area contributed by atoms with E-state index in [9.17, 15) is 14.0 Å². The molecule has 1 amide bonds. The average Bonchev–Trinajstić information content (AvgIpc) is 2.61. The molecule has 0 heterocycles. The first-order valence-corrected chi connectivity index (χ1v) is 8.39. The molecule has 0 bridgehead atoms. The van der Waals surface area contributed by atoms with Crippen LogP contribution < -0.4 is 10.1 Å². The van der Waals surface area contributed by atoms with Crippen molar-refractivity contribution < 1.29 is 23.5 Å². The highest BCUT2D eigenvalue weighted by Gasteiger charge is 2.13. The van der Waals surface area contributed by atoms with Crippen molar-refractivity contribution in [2.75, 3.05) is 13.2 Å². The molecule has 0 fully saturated rings. The summed E-state index contributed by atoms with van der Waals surface area (Å²) in [5.41, 5.74) is 0.763. The SMILES string of the molecule is C[C@H](NC(=O)COC(=O)COc1ccc(F)cc1)c1ccc(Cl)c(Cl)c1. The minimum atomic E-state index is -0.716. The molecule has 5 nitrogen and oxygen atoms in total. The molecule has 1 N–H and O–H groups in total. The van der Waals surface area contributed by atoms with E-state index in [1.54, 1.807) is 25.1 Å². The highest BCUT2D eigenvalue weighted by molar-refractivity contribution is 6.42. The van der Waals surface area contributed by atoms with Crippen molar-refractivity contribution in [3.8, 4) is 5.75 Å². The van der Waals surface area contributed by atoms with Gasteiger partial charge in [-0.1, -0.05) is 29.3 Å². The molecule has 0 aliphatic rings. The lowest BCUT2D eigenvalue weighted by atomic mass is 10.1. The number of carbonyl (C=O) groups is 2. The first-order valence-electron chi connectivity index (χ1n) is 7.63. The summed E-state index contributed by atoms with van der Waals surface area (Å²) >= 11 is 11.8. The van der Waals surface area contributed by atoms with Crippen LogP contribution in [0.25, 0.3) is 0 Å². The van der Waals surface area contributed by atoms with Crippen molar-refractivity contribution in [1.82, 2.24) is 5.32 Å². The minimum Gasteiger partial charge on any atom is -0.482 e. The molecule has 138 valence electrons. The number of esters is 1. The Kier molecular flexibility index (Phi) is 7.24. The fourth-order valence-electron chi connectivity index (χ4n) is 2.01. The number of nitrogens with one attached hydrogen (secondary N) is 1. The molecule has 0 aromatic heterocycles. The van der Waals surface area contributed by atoms with Gasteiger partial charge in [-0.2, -0.15) is 0 Å². The summed E-state index contributed by atoms with van der Waals surface area (Å²) in [5.74, 6) is -1.28. The van der Waals surface area contributed by atoms with E-state index < -0.39 is 24.3 Å². The smallest absolute Gasteiger partial charge is 0.344 e. The standard InChI is InChI=1S/C18H16Cl2FNO4/c1-11(12-2-7-15(19)16(20)8-12)22-17(23)9-26-18(24)10-25-14-5-3-13(21)4-6-14/h2-8,11H,9-10H2,1H3,(H,22,23)/t11-/m0/s1. The Labute approximate surface area is 160 Å². The molecule has 0 radical (unpaired) electrons. The Morgan fingerprint density at radius 3 is 2.42 bits per heavy atom. The molecule has 0 saturated carbocycles. The molecule has 2 aromatic rings. The van der Waals surface area contributed by atoms with Gasteiger partial charge >= 0.3 is 5.97 Å². The summed E-state index contributed by atoms with van der Waals surface area (Å²) in [5, 5.41) is 3.48. The van der Waals surface area contributed by atoms with E-state index in [1.165, 1.54) is 24.3 Å². The summed E-state index contributed by atoms with van der Waals surface area (Å²) in [6.45, 7) is 0.926. The van der Waals surface area contributed by atoms with E-state index in [0.29, 0.717) is 15.8 Å². The summed E-state index contributed by atoms with van der Waals surface area (Å²) in [6.07, 6.45) is 0. The number of benzene rings is 2. The Bertz CT molecular complexity index is 783. The Balaban J connectivity index is 1.74. The van der Waals surface area contributed by atoms with E-state index in [2.05, 4.69) is 5.32 Å². The molecule has 0 aliphatic carbocycles. The molecule has 2 aromatic carbocycles. The van der Waals surface area contributed by atoms with Gasteiger partial charge < -0.3 is 14.8 Å². The van der Waals surface area contributed by atoms with Gasteiger partial charge in [0.1, 0.15) is 11.6 Å². The first-order chi connectivity index (χ1) is 12.3. The van der Waals surface area contributed by atoms with E-state index in [0.717, 1.165) is 5.56 Å². The van der Waals surface area contributed by atoms with Gasteiger partial charge in [-0.3, -0.25) is 4.79 Å². The van der Waals surface area contributed by atoms with Crippen LogP contribution in [0.1, 0.15) is 18.5 Å². The van der Waals surface area contributed by atoms with Gasteiger partial charge in [-0.05, 0) is 48.9 Å². The van der Waals surface area contributed by atoms with Gasteiger partial charge in [0.25, 0.3) is 5.91 Å². The van der Waals surface area contributed by atoms with Crippen LogP contribution in [0.3, 0.4) is 0 Å². The normalized spacial score (nSPS) is 11.5. The minimum absolute atomic E-state index is 0.320. The molecule has 8 heteroatoms. The Morgan fingerprint density at radius 2 is 1.77 bits per heavy atom. The van der Waals surface area contributed by atoms with Crippen LogP contribution in [0.2, 0.25) is 10.0 Å². The predicted octanol–water partition coefficient (Wildman–Crippen LogP) is 3.93. The number of hydrogen-bond donors (Lipinski definition) is 1. The number of halogens is 3. The molecule has 0 saturated heterocycles. The van der Waals surface area contributed by atoms with Crippen molar-refractivity contribution in [3.05, 3.63) is 63.9 Å². The average molecular weight is 400 g/mol. The van der Waals surface area contributed by atoms with Gasteiger partial charge in [0.15, 0.2) is 13.2 Å². The molecule has 0 spiro atoms. The second-order valence-electron chi connectivity index (χ2n) is 5.37. The van der Waals surface area contributed by atoms with Crippen molar-refractivity contribution >= 4 is 35.1 Å². The van der Waals surface area contributed by atoms with Gasteiger partial charge in [-0.15, -0.1) is 0 Å². The topological polar surface area (TPSA) is 64.6 Å². The van der Waals surface area contributed by atoms with Crippen LogP contribution >= 0.6 is 23.2 Å². The lowest BCUT2D eigenvalue weighted by Crippen LogP contribution is -2.31. The number of amides is 1. The molecule has 1 atom stereocenters. The van der Waals surface area contributed by atoms with E-state index in [-0.39, 0.29) is 12.6 Å². The lowest BCUT2D eigenvalue weighted by molar-refractivity contribution is -0.150. The summed E-state index contributed by atoms with van der Waals surface area (Å²) in [7, 11) is 0. The summed E-state index contributed by atoms with van der Waals surface area (Å²) in [4.78, 5) is 23.5. The van der Waals surface area contributed by atoms with E-state index >= 15 is 0 Å². The zero-order chi connectivity index (χ0) is 19.1.